The Morgan fingerprint density at radius 2 is 2.20 bits per heavy atom. The summed E-state index contributed by atoms with van der Waals surface area (Å²) in [4.78, 5) is 24.1. The van der Waals surface area contributed by atoms with Crippen molar-refractivity contribution in [2.75, 3.05) is 5.75 Å². The molecule has 1 N–H and O–H groups in total. The van der Waals surface area contributed by atoms with Crippen molar-refractivity contribution in [3.05, 3.63) is 0 Å². The second-order valence-corrected chi connectivity index (χ2v) is 6.07. The summed E-state index contributed by atoms with van der Waals surface area (Å²) in [6.45, 7) is 7.73. The van der Waals surface area contributed by atoms with E-state index in [9.17, 15) is 9.59 Å². The number of carbonyl (C=O) groups is 2. The molecular formula is C10H18N2O2S. The maximum Gasteiger partial charge on any atom is 0.243 e. The molecule has 1 unspecified atom stereocenters. The fourth-order valence-corrected chi connectivity index (χ4v) is 2.79. The Balaban J connectivity index is 2.71. The normalized spacial score (nSPS) is 24.3. The Labute approximate surface area is 94.8 Å². The van der Waals surface area contributed by atoms with E-state index in [1.807, 2.05) is 27.7 Å². The van der Waals surface area contributed by atoms with Crippen LogP contribution in [0.2, 0.25) is 0 Å². The van der Waals surface area contributed by atoms with Gasteiger partial charge in [0.25, 0.3) is 0 Å². The van der Waals surface area contributed by atoms with Crippen LogP contribution in [-0.2, 0) is 9.59 Å². The maximum atomic E-state index is 11.8. The number of amides is 2. The molecule has 0 radical (unpaired) electrons. The first kappa shape index (κ1) is 12.4. The van der Waals surface area contributed by atoms with E-state index in [0.717, 1.165) is 6.41 Å². The number of carbonyl (C=O) groups excluding carboxylic acids is 2. The Bertz CT molecular complexity index is 266. The van der Waals surface area contributed by atoms with E-state index in [-0.39, 0.29) is 22.9 Å². The highest BCUT2D eigenvalue weighted by atomic mass is 32.2. The Morgan fingerprint density at radius 3 is 2.67 bits per heavy atom. The largest absolute Gasteiger partial charge is 0.352 e. The van der Waals surface area contributed by atoms with Crippen LogP contribution in [0.15, 0.2) is 0 Å². The van der Waals surface area contributed by atoms with E-state index in [4.69, 9.17) is 0 Å². The van der Waals surface area contributed by atoms with Crippen molar-refractivity contribution >= 4 is 24.1 Å². The van der Waals surface area contributed by atoms with Gasteiger partial charge in [0, 0.05) is 11.8 Å². The van der Waals surface area contributed by atoms with Crippen LogP contribution in [0.4, 0.5) is 0 Å². The molecule has 0 saturated carbocycles. The molecule has 1 aliphatic heterocycles. The summed E-state index contributed by atoms with van der Waals surface area (Å²) < 4.78 is 0. The summed E-state index contributed by atoms with van der Waals surface area (Å²) in [5.41, 5.74) is 0. The molecule has 1 heterocycles. The maximum absolute atomic E-state index is 11.8. The van der Waals surface area contributed by atoms with Crippen molar-refractivity contribution in [2.24, 2.45) is 0 Å². The summed E-state index contributed by atoms with van der Waals surface area (Å²) in [5.74, 6) is 0.611. The van der Waals surface area contributed by atoms with E-state index in [2.05, 4.69) is 5.32 Å². The zero-order valence-electron chi connectivity index (χ0n) is 9.61. The first-order chi connectivity index (χ1) is 6.88. The smallest absolute Gasteiger partial charge is 0.243 e. The molecule has 1 fully saturated rings. The van der Waals surface area contributed by atoms with Gasteiger partial charge in [-0.2, -0.15) is 0 Å². The topological polar surface area (TPSA) is 49.4 Å². The first-order valence-corrected chi connectivity index (χ1v) is 6.05. The highest BCUT2D eigenvalue weighted by molar-refractivity contribution is 8.00. The monoisotopic (exact) mass is 230 g/mol. The van der Waals surface area contributed by atoms with Gasteiger partial charge in [-0.25, -0.2) is 0 Å². The first-order valence-electron chi connectivity index (χ1n) is 5.06. The van der Waals surface area contributed by atoms with Crippen molar-refractivity contribution in [2.45, 2.75) is 44.6 Å². The molecule has 5 heteroatoms. The number of nitrogens with one attached hydrogen (secondary N) is 1. The number of nitrogens with zero attached hydrogens (tertiary/aromatic N) is 1. The highest BCUT2D eigenvalue weighted by Gasteiger charge is 2.42. The summed E-state index contributed by atoms with van der Waals surface area (Å²) in [6.07, 6.45) is 0.768. The summed E-state index contributed by atoms with van der Waals surface area (Å²) in [5, 5.41) is 2.83. The predicted octanol–water partition coefficient (Wildman–Crippen LogP) is 0.821. The minimum Gasteiger partial charge on any atom is -0.352 e. The standard InChI is InChI=1S/C10H18N2O2S/c1-7(2)11-9(14)8-5-15-10(3,4)12(8)6-13/h6-8H,5H2,1-4H3,(H,11,14). The SMILES string of the molecule is CC(C)NC(=O)C1CSC(C)(C)N1C=O. The average Bonchev–Trinajstić information content (AvgIpc) is 2.39. The van der Waals surface area contributed by atoms with Gasteiger partial charge >= 0.3 is 0 Å². The molecule has 1 saturated heterocycles. The third-order valence-corrected chi connectivity index (χ3v) is 3.80. The second-order valence-electron chi connectivity index (χ2n) is 4.45. The van der Waals surface area contributed by atoms with Gasteiger partial charge in [0.05, 0.1) is 4.87 Å². The quantitative estimate of drug-likeness (QED) is 0.730. The van der Waals surface area contributed by atoms with E-state index in [1.54, 1.807) is 16.7 Å². The molecule has 1 rings (SSSR count). The van der Waals surface area contributed by atoms with Crippen molar-refractivity contribution in [3.63, 3.8) is 0 Å². The molecule has 0 bridgehead atoms. The fraction of sp³-hybridized carbons (Fsp3) is 0.800. The third kappa shape index (κ3) is 2.65. The van der Waals surface area contributed by atoms with E-state index in [1.165, 1.54) is 0 Å². The van der Waals surface area contributed by atoms with Gasteiger partial charge in [-0.1, -0.05) is 0 Å². The summed E-state index contributed by atoms with van der Waals surface area (Å²) in [7, 11) is 0. The molecule has 4 nitrogen and oxygen atoms in total. The van der Waals surface area contributed by atoms with Gasteiger partial charge < -0.3 is 10.2 Å². The van der Waals surface area contributed by atoms with Gasteiger partial charge in [0.15, 0.2) is 0 Å². The fourth-order valence-electron chi connectivity index (χ4n) is 1.60. The lowest BCUT2D eigenvalue weighted by molar-refractivity contribution is -0.133. The Kier molecular flexibility index (Phi) is 3.65. The van der Waals surface area contributed by atoms with E-state index in [0.29, 0.717) is 5.75 Å². The molecule has 0 aromatic carbocycles. The van der Waals surface area contributed by atoms with Crippen LogP contribution in [0.25, 0.3) is 0 Å². The molecule has 0 spiro atoms. The second kappa shape index (κ2) is 4.43. The molecule has 86 valence electrons. The molecule has 0 aromatic heterocycles. The van der Waals surface area contributed by atoms with Crippen molar-refractivity contribution in [3.8, 4) is 0 Å². The lowest BCUT2D eigenvalue weighted by atomic mass is 10.2. The average molecular weight is 230 g/mol. The summed E-state index contributed by atoms with van der Waals surface area (Å²) in [6, 6.07) is -0.218. The number of rotatable bonds is 3. The van der Waals surface area contributed by atoms with Crippen LogP contribution in [0.1, 0.15) is 27.7 Å². The highest BCUT2D eigenvalue weighted by Crippen LogP contribution is 2.37. The Morgan fingerprint density at radius 1 is 1.60 bits per heavy atom. The molecule has 1 atom stereocenters. The van der Waals surface area contributed by atoms with E-state index >= 15 is 0 Å². The van der Waals surface area contributed by atoms with Crippen molar-refractivity contribution in [1.29, 1.82) is 0 Å². The molecule has 1 aliphatic rings. The molecule has 2 amide bonds. The predicted molar refractivity (Wildman–Crippen MR) is 61.5 cm³/mol. The van der Waals surface area contributed by atoms with Crippen LogP contribution in [0.5, 0.6) is 0 Å². The number of hydrogen-bond acceptors (Lipinski definition) is 3. The number of thioether (sulfide) groups is 1. The van der Waals surface area contributed by atoms with Gasteiger partial charge in [0.2, 0.25) is 12.3 Å². The summed E-state index contributed by atoms with van der Waals surface area (Å²) >= 11 is 1.63. The molecule has 0 aromatic rings. The Hall–Kier alpha value is -0.710. The molecule has 15 heavy (non-hydrogen) atoms. The van der Waals surface area contributed by atoms with Crippen LogP contribution in [-0.4, -0.2) is 39.9 Å². The zero-order chi connectivity index (χ0) is 11.6. The molecular weight excluding hydrogens is 212 g/mol. The van der Waals surface area contributed by atoms with Gasteiger partial charge in [0.1, 0.15) is 6.04 Å². The lowest BCUT2D eigenvalue weighted by Crippen LogP contribution is -2.50. The minimum atomic E-state index is -0.329. The van der Waals surface area contributed by atoms with Crippen LogP contribution in [0, 0.1) is 0 Å². The molecule has 0 aliphatic carbocycles. The van der Waals surface area contributed by atoms with Gasteiger partial charge in [-0.15, -0.1) is 11.8 Å². The minimum absolute atomic E-state index is 0.0600. The van der Waals surface area contributed by atoms with E-state index < -0.39 is 0 Å². The number of hydrogen-bond donors (Lipinski definition) is 1. The van der Waals surface area contributed by atoms with Crippen LogP contribution in [0.3, 0.4) is 0 Å². The van der Waals surface area contributed by atoms with Gasteiger partial charge in [-0.3, -0.25) is 9.59 Å². The van der Waals surface area contributed by atoms with Crippen LogP contribution >= 0.6 is 11.8 Å². The van der Waals surface area contributed by atoms with Gasteiger partial charge in [-0.05, 0) is 27.7 Å². The van der Waals surface area contributed by atoms with Crippen molar-refractivity contribution in [1.82, 2.24) is 10.2 Å². The zero-order valence-corrected chi connectivity index (χ0v) is 10.4. The van der Waals surface area contributed by atoms with Crippen LogP contribution < -0.4 is 5.32 Å². The third-order valence-electron chi connectivity index (χ3n) is 2.40. The lowest BCUT2D eigenvalue weighted by Gasteiger charge is -2.30. The van der Waals surface area contributed by atoms with Crippen molar-refractivity contribution < 1.29 is 9.59 Å².